The molecule has 10 aromatic rings. The van der Waals surface area contributed by atoms with Crippen molar-refractivity contribution in [3.63, 3.8) is 0 Å². The van der Waals surface area contributed by atoms with Gasteiger partial charge < -0.3 is 4.74 Å². The number of aryl methyl sites for hydroxylation is 2. The van der Waals surface area contributed by atoms with E-state index in [9.17, 15) is 0 Å². The van der Waals surface area contributed by atoms with Crippen LogP contribution in [0.3, 0.4) is 0 Å². The summed E-state index contributed by atoms with van der Waals surface area (Å²) in [6, 6.07) is 66.5. The van der Waals surface area contributed by atoms with Crippen LogP contribution in [-0.2, 0) is 5.41 Å². The highest BCUT2D eigenvalue weighted by molar-refractivity contribution is 5.82. The number of nitrogens with zero attached hydrogens (tertiary/aromatic N) is 6. The first-order valence-corrected chi connectivity index (χ1v) is 22.2. The first-order valence-electron chi connectivity index (χ1n) is 22.2. The van der Waals surface area contributed by atoms with Gasteiger partial charge in [-0.2, -0.15) is 0 Å². The van der Waals surface area contributed by atoms with Gasteiger partial charge in [-0.25, -0.2) is 29.9 Å². The van der Waals surface area contributed by atoms with Crippen molar-refractivity contribution in [3.8, 4) is 102 Å². The highest BCUT2D eigenvalue weighted by atomic mass is 16.5. The summed E-state index contributed by atoms with van der Waals surface area (Å²) in [5, 5.41) is 0. The molecule has 0 aliphatic carbocycles. The number of ether oxygens (including phenoxy) is 1. The second-order valence-electron chi connectivity index (χ2n) is 17.3. The molecule has 66 heavy (non-hydrogen) atoms. The molecule has 0 unspecified atom stereocenters. The summed E-state index contributed by atoms with van der Waals surface area (Å²) >= 11 is 0. The van der Waals surface area contributed by atoms with Crippen LogP contribution in [0, 0.1) is 13.8 Å². The van der Waals surface area contributed by atoms with Gasteiger partial charge in [-0.3, -0.25) is 0 Å². The van der Waals surface area contributed by atoms with Crippen molar-refractivity contribution >= 4 is 0 Å². The van der Waals surface area contributed by atoms with Crippen LogP contribution in [0.1, 0.15) is 36.1 Å². The molecule has 316 valence electrons. The first kappa shape index (κ1) is 40.4. The number of fused-ring (bicyclic) bond motifs is 2. The summed E-state index contributed by atoms with van der Waals surface area (Å²) < 4.78 is 7.12. The standard InChI is InChI=1S/C59H44N6O/c1-37-21-25-43(26-22-37)55-60-53(41-13-7-5-8-14-41)62-57(64-55)45-33-29-39(30-34-45)47-17-11-19-49-51(47)66-52-48(18-12-20-50(52)59(49,3)4)40-31-35-46(36-32-40)58-63-54(42-15-9-6-10-16-42)61-56(65-58)44-27-23-38(2)24-28-44/h5-36H,1-4H3. The van der Waals surface area contributed by atoms with Crippen molar-refractivity contribution in [2.45, 2.75) is 33.1 Å². The van der Waals surface area contributed by atoms with E-state index in [4.69, 9.17) is 34.6 Å². The minimum Gasteiger partial charge on any atom is -0.455 e. The molecule has 11 rings (SSSR count). The molecule has 3 heterocycles. The summed E-state index contributed by atoms with van der Waals surface area (Å²) in [4.78, 5) is 29.7. The molecule has 0 spiro atoms. The van der Waals surface area contributed by atoms with Gasteiger partial charge in [0, 0.05) is 61.0 Å². The van der Waals surface area contributed by atoms with Crippen LogP contribution in [0.2, 0.25) is 0 Å². The Morgan fingerprint density at radius 2 is 0.561 bits per heavy atom. The van der Waals surface area contributed by atoms with Crippen molar-refractivity contribution in [2.75, 3.05) is 0 Å². The lowest BCUT2D eigenvalue weighted by Crippen LogP contribution is -2.25. The van der Waals surface area contributed by atoms with Crippen LogP contribution in [0.4, 0.5) is 0 Å². The fourth-order valence-electron chi connectivity index (χ4n) is 8.68. The molecule has 7 nitrogen and oxygen atoms in total. The molecule has 0 N–H and O–H groups in total. The summed E-state index contributed by atoms with van der Waals surface area (Å²) in [5.41, 5.74) is 13.9. The Balaban J connectivity index is 0.935. The van der Waals surface area contributed by atoms with E-state index in [0.29, 0.717) is 34.9 Å². The van der Waals surface area contributed by atoms with Gasteiger partial charge in [-0.15, -0.1) is 0 Å². The van der Waals surface area contributed by atoms with Gasteiger partial charge >= 0.3 is 0 Å². The topological polar surface area (TPSA) is 86.6 Å². The van der Waals surface area contributed by atoms with E-state index in [1.165, 1.54) is 11.1 Å². The maximum atomic E-state index is 7.12. The zero-order valence-electron chi connectivity index (χ0n) is 37.1. The fourth-order valence-corrected chi connectivity index (χ4v) is 8.68. The van der Waals surface area contributed by atoms with Crippen molar-refractivity contribution in [2.24, 2.45) is 0 Å². The molecule has 0 saturated heterocycles. The number of rotatable bonds is 8. The summed E-state index contributed by atoms with van der Waals surface area (Å²) in [5.74, 6) is 5.46. The third kappa shape index (κ3) is 7.60. The largest absolute Gasteiger partial charge is 0.455 e. The Kier molecular flexibility index (Phi) is 10.2. The van der Waals surface area contributed by atoms with Crippen LogP contribution < -0.4 is 4.74 Å². The monoisotopic (exact) mass is 852 g/mol. The number of hydrogen-bond acceptors (Lipinski definition) is 7. The molecule has 1 aliphatic heterocycles. The van der Waals surface area contributed by atoms with E-state index in [2.05, 4.69) is 161 Å². The second-order valence-corrected chi connectivity index (χ2v) is 17.3. The van der Waals surface area contributed by atoms with Gasteiger partial charge in [-0.05, 0) is 25.0 Å². The molecular formula is C59H44N6O. The van der Waals surface area contributed by atoms with Crippen LogP contribution in [0.15, 0.2) is 194 Å². The van der Waals surface area contributed by atoms with Gasteiger partial charge in [0.25, 0.3) is 0 Å². The van der Waals surface area contributed by atoms with E-state index in [0.717, 1.165) is 78.3 Å². The summed E-state index contributed by atoms with van der Waals surface area (Å²) in [6.45, 7) is 8.71. The average Bonchev–Trinajstić information content (AvgIpc) is 3.37. The normalized spacial score (nSPS) is 12.5. The summed E-state index contributed by atoms with van der Waals surface area (Å²) in [6.07, 6.45) is 0. The zero-order valence-corrected chi connectivity index (χ0v) is 37.1. The highest BCUT2D eigenvalue weighted by Crippen LogP contribution is 2.54. The minimum atomic E-state index is -0.342. The minimum absolute atomic E-state index is 0.342. The quantitative estimate of drug-likeness (QED) is 0.150. The van der Waals surface area contributed by atoms with E-state index >= 15 is 0 Å². The predicted octanol–water partition coefficient (Wildman–Crippen LogP) is 14.4. The molecule has 0 radical (unpaired) electrons. The van der Waals surface area contributed by atoms with E-state index in [1.807, 2.05) is 60.7 Å². The van der Waals surface area contributed by atoms with Gasteiger partial charge in [0.2, 0.25) is 0 Å². The molecular weight excluding hydrogens is 809 g/mol. The van der Waals surface area contributed by atoms with Crippen LogP contribution >= 0.6 is 0 Å². The Hall–Kier alpha value is -8.42. The molecule has 0 fully saturated rings. The Bertz CT molecular complexity index is 3160. The third-order valence-electron chi connectivity index (χ3n) is 12.4. The number of para-hydroxylation sites is 2. The lowest BCUT2D eigenvalue weighted by Gasteiger charge is -2.36. The van der Waals surface area contributed by atoms with E-state index < -0.39 is 0 Å². The average molecular weight is 853 g/mol. The predicted molar refractivity (Wildman–Crippen MR) is 265 cm³/mol. The number of hydrogen-bond donors (Lipinski definition) is 0. The first-order chi connectivity index (χ1) is 32.2. The zero-order chi connectivity index (χ0) is 44.8. The molecule has 8 aromatic carbocycles. The van der Waals surface area contributed by atoms with Crippen LogP contribution in [0.5, 0.6) is 11.5 Å². The lowest BCUT2D eigenvalue weighted by molar-refractivity contribution is 0.421. The van der Waals surface area contributed by atoms with Crippen molar-refractivity contribution < 1.29 is 4.74 Å². The van der Waals surface area contributed by atoms with E-state index in [1.54, 1.807) is 0 Å². The maximum absolute atomic E-state index is 7.12. The highest BCUT2D eigenvalue weighted by Gasteiger charge is 2.37. The van der Waals surface area contributed by atoms with Crippen LogP contribution in [0.25, 0.3) is 90.6 Å². The Morgan fingerprint density at radius 1 is 0.288 bits per heavy atom. The molecule has 2 aromatic heterocycles. The molecule has 0 amide bonds. The molecule has 0 saturated carbocycles. The molecule has 0 bridgehead atoms. The SMILES string of the molecule is Cc1ccc(-c2nc(-c3ccccc3)nc(-c3ccc(-c4cccc5c4Oc4c(-c6ccc(-c7nc(-c8ccccc8)nc(-c8ccc(C)cc8)n7)cc6)cccc4C5(C)C)cc3)n2)cc1. The van der Waals surface area contributed by atoms with Gasteiger partial charge in [0.05, 0.1) is 0 Å². The fraction of sp³-hybridized carbons (Fsp3) is 0.0847. The maximum Gasteiger partial charge on any atom is 0.164 e. The van der Waals surface area contributed by atoms with E-state index in [-0.39, 0.29) is 5.41 Å². The van der Waals surface area contributed by atoms with Gasteiger partial charge in [-0.1, -0.05) is 219 Å². The Labute approximate surface area is 384 Å². The van der Waals surface area contributed by atoms with Crippen LogP contribution in [-0.4, -0.2) is 29.9 Å². The number of aromatic nitrogens is 6. The molecule has 0 atom stereocenters. The second kappa shape index (κ2) is 16.6. The third-order valence-corrected chi connectivity index (χ3v) is 12.4. The smallest absolute Gasteiger partial charge is 0.164 e. The molecule has 7 heteroatoms. The summed E-state index contributed by atoms with van der Waals surface area (Å²) in [7, 11) is 0. The number of benzene rings is 8. The molecule has 1 aliphatic rings. The van der Waals surface area contributed by atoms with Crippen molar-refractivity contribution in [3.05, 3.63) is 216 Å². The Morgan fingerprint density at radius 3 is 0.879 bits per heavy atom. The van der Waals surface area contributed by atoms with Gasteiger partial charge in [0.1, 0.15) is 11.5 Å². The van der Waals surface area contributed by atoms with Gasteiger partial charge in [0.15, 0.2) is 34.9 Å². The van der Waals surface area contributed by atoms with Crippen molar-refractivity contribution in [1.82, 2.24) is 29.9 Å². The lowest BCUT2D eigenvalue weighted by atomic mass is 9.74. The van der Waals surface area contributed by atoms with Crippen molar-refractivity contribution in [1.29, 1.82) is 0 Å².